The zero-order valence-corrected chi connectivity index (χ0v) is 20.2. The summed E-state index contributed by atoms with van der Waals surface area (Å²) < 4.78 is 14.8. The largest absolute Gasteiger partial charge is 0.386 e. The van der Waals surface area contributed by atoms with Crippen LogP contribution in [-0.4, -0.2) is 43.2 Å². The SMILES string of the molecule is CCNC(=NCC(O)c1cc2ccccc2s1)NCCNC(=O)c1ccccc1F.I. The third-order valence-corrected chi connectivity index (χ3v) is 5.58. The van der Waals surface area contributed by atoms with E-state index in [0.29, 0.717) is 25.6 Å². The fraction of sp³-hybridized carbons (Fsp3) is 0.273. The average Bonchev–Trinajstić information content (AvgIpc) is 3.19. The van der Waals surface area contributed by atoms with Gasteiger partial charge in [0.25, 0.3) is 5.91 Å². The predicted molar refractivity (Wildman–Crippen MR) is 135 cm³/mol. The first kappa shape index (κ1) is 25.0. The fourth-order valence-corrected chi connectivity index (χ4v) is 3.92. The number of thiophene rings is 1. The molecule has 31 heavy (non-hydrogen) atoms. The Labute approximate surface area is 202 Å². The molecule has 0 aliphatic carbocycles. The van der Waals surface area contributed by atoms with Crippen LogP contribution in [0.1, 0.15) is 28.3 Å². The molecule has 0 fully saturated rings. The van der Waals surface area contributed by atoms with Gasteiger partial charge in [-0.05, 0) is 36.6 Å². The molecule has 0 spiro atoms. The number of rotatable bonds is 8. The van der Waals surface area contributed by atoms with Crippen molar-refractivity contribution in [3.8, 4) is 0 Å². The minimum atomic E-state index is -0.696. The molecule has 9 heteroatoms. The second-order valence-electron chi connectivity index (χ2n) is 6.58. The van der Waals surface area contributed by atoms with Crippen LogP contribution in [0, 0.1) is 5.82 Å². The van der Waals surface area contributed by atoms with Gasteiger partial charge in [0.05, 0.1) is 12.1 Å². The van der Waals surface area contributed by atoms with Crippen molar-refractivity contribution >= 4 is 57.3 Å². The van der Waals surface area contributed by atoms with E-state index in [-0.39, 0.29) is 36.1 Å². The molecule has 1 atom stereocenters. The second-order valence-corrected chi connectivity index (χ2v) is 7.70. The number of aliphatic imine (C=N–C) groups is 1. The molecular weight excluding hydrogens is 530 g/mol. The van der Waals surface area contributed by atoms with Gasteiger partial charge in [-0.1, -0.05) is 30.3 Å². The van der Waals surface area contributed by atoms with Crippen molar-refractivity contribution in [1.82, 2.24) is 16.0 Å². The molecular formula is C22H26FIN4O2S. The normalized spacial score (nSPS) is 12.2. The highest BCUT2D eigenvalue weighted by atomic mass is 127. The number of benzene rings is 2. The molecule has 0 aliphatic heterocycles. The number of carbonyl (C=O) groups excluding carboxylic acids is 1. The van der Waals surface area contributed by atoms with E-state index in [1.54, 1.807) is 23.5 Å². The minimum absolute atomic E-state index is 0. The Morgan fingerprint density at radius 2 is 1.81 bits per heavy atom. The molecule has 3 aromatic rings. The summed E-state index contributed by atoms with van der Waals surface area (Å²) in [6.45, 7) is 3.52. The van der Waals surface area contributed by atoms with E-state index < -0.39 is 17.8 Å². The molecule has 0 aliphatic rings. The molecule has 0 saturated heterocycles. The van der Waals surface area contributed by atoms with Crippen LogP contribution in [0.3, 0.4) is 0 Å². The van der Waals surface area contributed by atoms with Crippen LogP contribution in [0.2, 0.25) is 0 Å². The number of guanidine groups is 1. The number of aliphatic hydroxyl groups excluding tert-OH is 1. The molecule has 0 saturated carbocycles. The maximum absolute atomic E-state index is 13.6. The third-order valence-electron chi connectivity index (χ3n) is 4.36. The van der Waals surface area contributed by atoms with Gasteiger partial charge in [-0.25, -0.2) is 4.39 Å². The van der Waals surface area contributed by atoms with Gasteiger partial charge in [0.1, 0.15) is 11.9 Å². The molecule has 1 aromatic heterocycles. The summed E-state index contributed by atoms with van der Waals surface area (Å²) >= 11 is 1.56. The number of nitrogens with zero attached hydrogens (tertiary/aromatic N) is 1. The molecule has 166 valence electrons. The highest BCUT2D eigenvalue weighted by Gasteiger charge is 2.12. The van der Waals surface area contributed by atoms with Crippen molar-refractivity contribution in [3.05, 3.63) is 70.9 Å². The Bertz CT molecular complexity index is 994. The number of fused-ring (bicyclic) bond motifs is 1. The smallest absolute Gasteiger partial charge is 0.254 e. The van der Waals surface area contributed by atoms with Crippen molar-refractivity contribution in [3.63, 3.8) is 0 Å². The van der Waals surface area contributed by atoms with Crippen LogP contribution < -0.4 is 16.0 Å². The van der Waals surface area contributed by atoms with Crippen molar-refractivity contribution in [1.29, 1.82) is 0 Å². The monoisotopic (exact) mass is 556 g/mol. The van der Waals surface area contributed by atoms with E-state index >= 15 is 0 Å². The van der Waals surface area contributed by atoms with Crippen LogP contribution in [0.4, 0.5) is 4.39 Å². The van der Waals surface area contributed by atoms with E-state index in [4.69, 9.17) is 0 Å². The van der Waals surface area contributed by atoms with Crippen LogP contribution in [0.5, 0.6) is 0 Å². The molecule has 0 bridgehead atoms. The summed E-state index contributed by atoms with van der Waals surface area (Å²) in [6, 6.07) is 15.8. The molecule has 3 rings (SSSR count). The number of amides is 1. The Morgan fingerprint density at radius 1 is 1.10 bits per heavy atom. The van der Waals surface area contributed by atoms with Gasteiger partial charge in [0.2, 0.25) is 0 Å². The third kappa shape index (κ3) is 7.15. The first-order valence-corrected chi connectivity index (χ1v) is 10.6. The first-order chi connectivity index (χ1) is 14.6. The molecule has 1 unspecified atom stereocenters. The lowest BCUT2D eigenvalue weighted by Crippen LogP contribution is -2.41. The number of hydrogen-bond donors (Lipinski definition) is 4. The highest BCUT2D eigenvalue weighted by molar-refractivity contribution is 14.0. The van der Waals surface area contributed by atoms with Crippen molar-refractivity contribution in [2.24, 2.45) is 4.99 Å². The lowest BCUT2D eigenvalue weighted by atomic mass is 10.2. The van der Waals surface area contributed by atoms with Gasteiger partial charge in [-0.3, -0.25) is 9.79 Å². The molecule has 0 radical (unpaired) electrons. The number of hydrogen-bond acceptors (Lipinski definition) is 4. The van der Waals surface area contributed by atoms with Gasteiger partial charge in [0, 0.05) is 29.2 Å². The molecule has 4 N–H and O–H groups in total. The molecule has 1 amide bonds. The fourth-order valence-electron chi connectivity index (χ4n) is 2.87. The van der Waals surface area contributed by atoms with Gasteiger partial charge in [-0.15, -0.1) is 35.3 Å². The summed E-state index contributed by atoms with van der Waals surface area (Å²) in [4.78, 5) is 17.3. The summed E-state index contributed by atoms with van der Waals surface area (Å²) in [5.74, 6) is -0.470. The van der Waals surface area contributed by atoms with Crippen LogP contribution in [0.15, 0.2) is 59.6 Å². The lowest BCUT2D eigenvalue weighted by Gasteiger charge is -2.13. The van der Waals surface area contributed by atoms with Crippen molar-refractivity contribution in [2.45, 2.75) is 13.0 Å². The maximum Gasteiger partial charge on any atom is 0.254 e. The second kappa shape index (κ2) is 12.6. The van der Waals surface area contributed by atoms with Gasteiger partial charge in [0.15, 0.2) is 5.96 Å². The van der Waals surface area contributed by atoms with E-state index in [9.17, 15) is 14.3 Å². The average molecular weight is 556 g/mol. The van der Waals surface area contributed by atoms with Gasteiger partial charge < -0.3 is 21.1 Å². The Balaban J connectivity index is 0.00000341. The van der Waals surface area contributed by atoms with Crippen LogP contribution in [-0.2, 0) is 0 Å². The summed E-state index contributed by atoms with van der Waals surface area (Å²) in [5, 5.41) is 20.5. The Hall–Kier alpha value is -2.24. The Kier molecular flexibility index (Phi) is 10.2. The van der Waals surface area contributed by atoms with Crippen LogP contribution >= 0.6 is 35.3 Å². The first-order valence-electron chi connectivity index (χ1n) is 9.80. The zero-order valence-electron chi connectivity index (χ0n) is 17.1. The summed E-state index contributed by atoms with van der Waals surface area (Å²) in [6.07, 6.45) is -0.696. The zero-order chi connectivity index (χ0) is 21.3. The lowest BCUT2D eigenvalue weighted by molar-refractivity contribution is 0.0950. The molecule has 2 aromatic carbocycles. The quantitative estimate of drug-likeness (QED) is 0.148. The van der Waals surface area contributed by atoms with Crippen molar-refractivity contribution < 1.29 is 14.3 Å². The van der Waals surface area contributed by atoms with Gasteiger partial charge in [-0.2, -0.15) is 0 Å². The van der Waals surface area contributed by atoms with E-state index in [1.807, 2.05) is 37.3 Å². The molecule has 6 nitrogen and oxygen atoms in total. The van der Waals surface area contributed by atoms with Crippen LogP contribution in [0.25, 0.3) is 10.1 Å². The number of carbonyl (C=O) groups is 1. The van der Waals surface area contributed by atoms with E-state index in [1.165, 1.54) is 12.1 Å². The highest BCUT2D eigenvalue weighted by Crippen LogP contribution is 2.29. The minimum Gasteiger partial charge on any atom is -0.386 e. The Morgan fingerprint density at radius 3 is 2.55 bits per heavy atom. The summed E-state index contributed by atoms with van der Waals surface area (Å²) in [5.41, 5.74) is 0.0181. The van der Waals surface area contributed by atoms with E-state index in [0.717, 1.165) is 15.0 Å². The maximum atomic E-state index is 13.6. The molecule has 1 heterocycles. The standard InChI is InChI=1S/C22H25FN4O2S.HI/c1-2-24-22(26-12-11-25-21(29)16-8-4-5-9-17(16)23)27-14-18(28)20-13-15-7-3-6-10-19(15)30-20;/h3-10,13,18,28H,2,11-12,14H2,1H3,(H,25,29)(H2,24,26,27);1H. The number of aliphatic hydroxyl groups is 1. The topological polar surface area (TPSA) is 85.8 Å². The van der Waals surface area contributed by atoms with Crippen molar-refractivity contribution in [2.75, 3.05) is 26.2 Å². The number of halogens is 2. The predicted octanol–water partition coefficient (Wildman–Crippen LogP) is 3.68. The van der Waals surface area contributed by atoms with E-state index in [2.05, 4.69) is 20.9 Å². The number of nitrogens with one attached hydrogen (secondary N) is 3. The summed E-state index contributed by atoms with van der Waals surface area (Å²) in [7, 11) is 0. The van der Waals surface area contributed by atoms with Gasteiger partial charge >= 0.3 is 0 Å².